The third-order valence-electron chi connectivity index (χ3n) is 3.79. The van der Waals surface area contributed by atoms with Crippen LogP contribution in [0.15, 0.2) is 78.9 Å². The Morgan fingerprint density at radius 1 is 0.690 bits per heavy atom. The molecule has 0 atom stereocenters. The van der Waals surface area contributed by atoms with Crippen molar-refractivity contribution >= 4 is 52.1 Å². The summed E-state index contributed by atoms with van der Waals surface area (Å²) >= 11 is 11.1. The molecule has 0 radical (unpaired) electrons. The quantitative estimate of drug-likeness (QED) is 0.372. The average molecular weight is 425 g/mol. The van der Waals surface area contributed by atoms with E-state index in [0.29, 0.717) is 21.8 Å². The zero-order valence-corrected chi connectivity index (χ0v) is 16.7. The normalized spacial score (nSPS) is 9.97. The zero-order valence-electron chi connectivity index (χ0n) is 15.1. The highest BCUT2D eigenvalue weighted by molar-refractivity contribution is 7.80. The van der Waals surface area contributed by atoms with Crippen LogP contribution in [0.25, 0.3) is 0 Å². The number of carbonyl (C=O) groups is 2. The third kappa shape index (κ3) is 6.03. The van der Waals surface area contributed by atoms with Crippen molar-refractivity contribution in [2.45, 2.75) is 0 Å². The van der Waals surface area contributed by atoms with Gasteiger partial charge in [0.05, 0.1) is 0 Å². The standard InChI is InChI=1S/C21H17ClN4O2S/c22-16-8-4-6-14(12-16)19(27)23-18-11-5-7-15(13-18)20(28)25-26-21(29)24-17-9-2-1-3-10-17/h1-13H,(H,23,27)(H,25,28)(H2,24,26,29). The minimum Gasteiger partial charge on any atom is -0.331 e. The summed E-state index contributed by atoms with van der Waals surface area (Å²) in [7, 11) is 0. The molecule has 0 saturated heterocycles. The number of nitrogens with one attached hydrogen (secondary N) is 4. The molecule has 2 amide bonds. The van der Waals surface area contributed by atoms with E-state index >= 15 is 0 Å². The van der Waals surface area contributed by atoms with Gasteiger partial charge in [-0.2, -0.15) is 0 Å². The van der Waals surface area contributed by atoms with E-state index in [1.54, 1.807) is 48.5 Å². The summed E-state index contributed by atoms with van der Waals surface area (Å²) in [5, 5.41) is 6.40. The van der Waals surface area contributed by atoms with Gasteiger partial charge < -0.3 is 10.6 Å². The number of para-hydroxylation sites is 1. The number of anilines is 2. The molecule has 0 spiro atoms. The lowest BCUT2D eigenvalue weighted by atomic mass is 10.1. The van der Waals surface area contributed by atoms with E-state index in [1.807, 2.05) is 30.3 Å². The first-order valence-electron chi connectivity index (χ1n) is 8.60. The van der Waals surface area contributed by atoms with Gasteiger partial charge in [0.1, 0.15) is 0 Å². The predicted octanol–water partition coefficient (Wildman–Crippen LogP) is 4.22. The number of carbonyl (C=O) groups excluding carboxylic acids is 2. The molecule has 0 aliphatic heterocycles. The summed E-state index contributed by atoms with van der Waals surface area (Å²) in [6.45, 7) is 0. The molecule has 4 N–H and O–H groups in total. The summed E-state index contributed by atoms with van der Waals surface area (Å²) in [5.74, 6) is -0.725. The van der Waals surface area contributed by atoms with E-state index in [4.69, 9.17) is 23.8 Å². The Bertz CT molecular complexity index is 1040. The van der Waals surface area contributed by atoms with Gasteiger partial charge in [-0.15, -0.1) is 0 Å². The molecule has 3 rings (SSSR count). The maximum Gasteiger partial charge on any atom is 0.269 e. The molecule has 0 aliphatic carbocycles. The molecule has 0 saturated carbocycles. The van der Waals surface area contributed by atoms with Crippen LogP contribution in [-0.2, 0) is 0 Å². The van der Waals surface area contributed by atoms with E-state index in [-0.39, 0.29) is 11.0 Å². The Kier molecular flexibility index (Phi) is 6.78. The molecule has 0 unspecified atom stereocenters. The summed E-state index contributed by atoms with van der Waals surface area (Å²) in [6.07, 6.45) is 0. The lowest BCUT2D eigenvalue weighted by Gasteiger charge is -2.12. The van der Waals surface area contributed by atoms with Gasteiger partial charge in [0.2, 0.25) is 0 Å². The Morgan fingerprint density at radius 3 is 2.07 bits per heavy atom. The van der Waals surface area contributed by atoms with Gasteiger partial charge in [0.15, 0.2) is 5.11 Å². The third-order valence-corrected chi connectivity index (χ3v) is 4.23. The van der Waals surface area contributed by atoms with Gasteiger partial charge in [0.25, 0.3) is 11.8 Å². The summed E-state index contributed by atoms with van der Waals surface area (Å²) in [4.78, 5) is 24.7. The van der Waals surface area contributed by atoms with E-state index in [1.165, 1.54) is 0 Å². The second kappa shape index (κ2) is 9.68. The minimum absolute atomic E-state index is 0.245. The van der Waals surface area contributed by atoms with E-state index in [9.17, 15) is 9.59 Å². The number of thiocarbonyl (C=S) groups is 1. The van der Waals surface area contributed by atoms with Crippen LogP contribution in [0.2, 0.25) is 5.02 Å². The van der Waals surface area contributed by atoms with Crippen molar-refractivity contribution in [3.05, 3.63) is 95.0 Å². The van der Waals surface area contributed by atoms with Crippen LogP contribution >= 0.6 is 23.8 Å². The average Bonchev–Trinajstić information content (AvgIpc) is 2.73. The number of halogens is 1. The highest BCUT2D eigenvalue weighted by Crippen LogP contribution is 2.15. The van der Waals surface area contributed by atoms with Gasteiger partial charge in [-0.3, -0.25) is 20.4 Å². The highest BCUT2D eigenvalue weighted by Gasteiger charge is 2.10. The first kappa shape index (κ1) is 20.3. The van der Waals surface area contributed by atoms with Crippen LogP contribution in [0.4, 0.5) is 11.4 Å². The van der Waals surface area contributed by atoms with E-state index < -0.39 is 5.91 Å². The van der Waals surface area contributed by atoms with Crippen LogP contribution in [0.1, 0.15) is 20.7 Å². The van der Waals surface area contributed by atoms with Gasteiger partial charge in [-0.05, 0) is 60.7 Å². The molecule has 3 aromatic carbocycles. The van der Waals surface area contributed by atoms with Gasteiger partial charge in [0, 0.05) is 27.5 Å². The topological polar surface area (TPSA) is 82.3 Å². The van der Waals surface area contributed by atoms with E-state index in [0.717, 1.165) is 5.69 Å². The van der Waals surface area contributed by atoms with Gasteiger partial charge in [-0.25, -0.2) is 0 Å². The molecule has 0 bridgehead atoms. The van der Waals surface area contributed by atoms with Crippen LogP contribution in [0.3, 0.4) is 0 Å². The molecule has 29 heavy (non-hydrogen) atoms. The molecule has 0 aliphatic rings. The molecule has 3 aromatic rings. The molecule has 0 aromatic heterocycles. The fraction of sp³-hybridized carbons (Fsp3) is 0. The molecular formula is C21H17ClN4O2S. The van der Waals surface area contributed by atoms with Crippen LogP contribution < -0.4 is 21.5 Å². The van der Waals surface area contributed by atoms with Crippen molar-refractivity contribution in [1.29, 1.82) is 0 Å². The Labute approximate surface area is 178 Å². The molecule has 146 valence electrons. The summed E-state index contributed by atoms with van der Waals surface area (Å²) < 4.78 is 0. The molecular weight excluding hydrogens is 408 g/mol. The lowest BCUT2D eigenvalue weighted by molar-refractivity contribution is 0.0943. The highest BCUT2D eigenvalue weighted by atomic mass is 35.5. The van der Waals surface area contributed by atoms with Crippen molar-refractivity contribution in [3.63, 3.8) is 0 Å². The van der Waals surface area contributed by atoms with Crippen molar-refractivity contribution < 1.29 is 9.59 Å². The maximum atomic E-state index is 12.4. The Hall–Kier alpha value is -3.42. The molecule has 8 heteroatoms. The van der Waals surface area contributed by atoms with Crippen molar-refractivity contribution in [3.8, 4) is 0 Å². The summed E-state index contributed by atoms with van der Waals surface area (Å²) in [6, 6.07) is 22.5. The first-order valence-corrected chi connectivity index (χ1v) is 9.39. The second-order valence-electron chi connectivity index (χ2n) is 5.94. The molecule has 0 fully saturated rings. The van der Waals surface area contributed by atoms with Crippen LogP contribution in [0, 0.1) is 0 Å². The Morgan fingerprint density at radius 2 is 1.34 bits per heavy atom. The van der Waals surface area contributed by atoms with Crippen LogP contribution in [0.5, 0.6) is 0 Å². The number of hydrazine groups is 1. The molecule has 0 heterocycles. The maximum absolute atomic E-state index is 12.4. The van der Waals surface area contributed by atoms with E-state index in [2.05, 4.69) is 21.5 Å². The van der Waals surface area contributed by atoms with Gasteiger partial charge >= 0.3 is 0 Å². The van der Waals surface area contributed by atoms with Crippen molar-refractivity contribution in [2.75, 3.05) is 10.6 Å². The number of rotatable bonds is 4. The monoisotopic (exact) mass is 424 g/mol. The predicted molar refractivity (Wildman–Crippen MR) is 119 cm³/mol. The second-order valence-corrected chi connectivity index (χ2v) is 6.79. The largest absolute Gasteiger partial charge is 0.331 e. The smallest absolute Gasteiger partial charge is 0.269 e. The van der Waals surface area contributed by atoms with Crippen molar-refractivity contribution in [2.24, 2.45) is 0 Å². The first-order chi connectivity index (χ1) is 14.0. The number of hydrogen-bond donors (Lipinski definition) is 4. The fourth-order valence-corrected chi connectivity index (χ4v) is 2.80. The number of benzene rings is 3. The fourth-order valence-electron chi connectivity index (χ4n) is 2.44. The summed E-state index contributed by atoms with van der Waals surface area (Å²) in [5.41, 5.74) is 7.21. The Balaban J connectivity index is 1.57. The number of amides is 2. The minimum atomic E-state index is -0.402. The zero-order chi connectivity index (χ0) is 20.6. The lowest BCUT2D eigenvalue weighted by Crippen LogP contribution is -2.43. The van der Waals surface area contributed by atoms with Gasteiger partial charge in [-0.1, -0.05) is 41.9 Å². The van der Waals surface area contributed by atoms with Crippen molar-refractivity contribution in [1.82, 2.24) is 10.9 Å². The number of hydrogen-bond acceptors (Lipinski definition) is 3. The van der Waals surface area contributed by atoms with Crippen LogP contribution in [-0.4, -0.2) is 16.9 Å². The SMILES string of the molecule is O=C(NNC(=S)Nc1ccccc1)c1cccc(NC(=O)c2cccc(Cl)c2)c1. The molecule has 6 nitrogen and oxygen atoms in total.